The molecule has 0 aliphatic carbocycles. The Balaban J connectivity index is 1.24. The predicted molar refractivity (Wildman–Crippen MR) is 172 cm³/mol. The number of ether oxygens (including phenoxy) is 3. The van der Waals surface area contributed by atoms with Gasteiger partial charge in [0.1, 0.15) is 58.9 Å². The Kier molecular flexibility index (Phi) is 8.97. The Labute approximate surface area is 269 Å². The van der Waals surface area contributed by atoms with Gasteiger partial charge in [-0.25, -0.2) is 0 Å². The van der Waals surface area contributed by atoms with Crippen molar-refractivity contribution in [1.29, 1.82) is 0 Å². The normalized spacial score (nSPS) is 20.9. The van der Waals surface area contributed by atoms with Gasteiger partial charge in [0.2, 0.25) is 6.29 Å². The molecule has 0 spiro atoms. The maximum Gasteiger partial charge on any atom is 0.256 e. The van der Waals surface area contributed by atoms with Gasteiger partial charge >= 0.3 is 0 Å². The summed E-state index contributed by atoms with van der Waals surface area (Å²) in [6.45, 7) is 3.76. The number of carbonyl (C=O) groups is 1. The molecule has 0 saturated carbocycles. The van der Waals surface area contributed by atoms with E-state index in [0.29, 0.717) is 23.6 Å². The Morgan fingerprint density at radius 3 is 2.28 bits per heavy atom. The van der Waals surface area contributed by atoms with Gasteiger partial charge in [-0.3, -0.25) is 9.59 Å². The van der Waals surface area contributed by atoms with Gasteiger partial charge in [-0.2, -0.15) is 0 Å². The maximum atomic E-state index is 13.1. The first-order chi connectivity index (χ1) is 22.6. The van der Waals surface area contributed by atoms with Crippen LogP contribution in [0.3, 0.4) is 0 Å². The van der Waals surface area contributed by atoms with E-state index >= 15 is 0 Å². The Hall–Kier alpha value is -5.20. The lowest BCUT2D eigenvalue weighted by Gasteiger charge is -2.39. The third-order valence-electron chi connectivity index (χ3n) is 7.98. The van der Waals surface area contributed by atoms with Crippen LogP contribution >= 0.6 is 0 Å². The van der Waals surface area contributed by atoms with Crippen LogP contribution in [0.5, 0.6) is 17.2 Å². The van der Waals surface area contributed by atoms with Gasteiger partial charge in [0.25, 0.3) is 5.91 Å². The van der Waals surface area contributed by atoms with Gasteiger partial charge in [-0.1, -0.05) is 48.0 Å². The summed E-state index contributed by atoms with van der Waals surface area (Å²) >= 11 is 0. The van der Waals surface area contributed by atoms with E-state index in [1.54, 1.807) is 48.5 Å². The zero-order chi connectivity index (χ0) is 33.2. The topological polar surface area (TPSA) is 168 Å². The number of amides is 1. The summed E-state index contributed by atoms with van der Waals surface area (Å²) in [5.41, 5.74) is 2.60. The van der Waals surface area contributed by atoms with Crippen molar-refractivity contribution in [3.05, 3.63) is 118 Å². The van der Waals surface area contributed by atoms with Crippen molar-refractivity contribution in [3.8, 4) is 28.6 Å². The average molecular weight is 640 g/mol. The van der Waals surface area contributed by atoms with Crippen molar-refractivity contribution in [2.75, 3.05) is 5.32 Å². The largest absolute Gasteiger partial charge is 0.507 e. The van der Waals surface area contributed by atoms with Crippen molar-refractivity contribution in [2.45, 2.75) is 51.2 Å². The average Bonchev–Trinajstić information content (AvgIpc) is 3.07. The standard InChI is InChI=1S/C36H33NO10/c1-19-8-12-23(13-9-19)37-35(43)34-32(41)31(40)33(42)36(47-34)46-26-17-28-29(30(39)20(26)2)25(38)16-27(45-28)22-10-14-24(15-11-22)44-18-21-6-4-3-5-7-21/h3-17,31-34,36,39-42H,18H2,1-2H3,(H,37,43). The number of aliphatic hydroxyl groups excluding tert-OH is 3. The molecule has 5 N–H and O–H groups in total. The van der Waals surface area contributed by atoms with Crippen molar-refractivity contribution >= 4 is 22.6 Å². The number of benzene rings is 4. The highest BCUT2D eigenvalue weighted by atomic mass is 16.7. The number of carbonyl (C=O) groups excluding carboxylic acids is 1. The van der Waals surface area contributed by atoms with E-state index in [-0.39, 0.29) is 28.0 Å². The van der Waals surface area contributed by atoms with Crippen LogP contribution in [0.25, 0.3) is 22.3 Å². The first kappa shape index (κ1) is 31.8. The molecule has 242 valence electrons. The minimum absolute atomic E-state index is 0.0189. The molecule has 0 bridgehead atoms. The fourth-order valence-electron chi connectivity index (χ4n) is 5.24. The molecular weight excluding hydrogens is 606 g/mol. The van der Waals surface area contributed by atoms with Crippen LogP contribution in [-0.2, 0) is 16.1 Å². The van der Waals surface area contributed by atoms with E-state index in [0.717, 1.165) is 11.1 Å². The number of rotatable bonds is 8. The van der Waals surface area contributed by atoms with E-state index in [1.165, 1.54) is 19.1 Å². The van der Waals surface area contributed by atoms with Gasteiger partial charge in [0, 0.05) is 28.9 Å². The lowest BCUT2D eigenvalue weighted by atomic mass is 9.98. The molecule has 1 saturated heterocycles. The molecular formula is C36H33NO10. The monoisotopic (exact) mass is 639 g/mol. The Morgan fingerprint density at radius 1 is 0.872 bits per heavy atom. The second kappa shape index (κ2) is 13.3. The number of anilines is 1. The number of phenols is 1. The number of aliphatic hydroxyl groups is 3. The van der Waals surface area contributed by atoms with E-state index in [9.17, 15) is 30.0 Å². The molecule has 1 aromatic heterocycles. The van der Waals surface area contributed by atoms with Gasteiger partial charge < -0.3 is 44.4 Å². The highest BCUT2D eigenvalue weighted by Crippen LogP contribution is 2.37. The Morgan fingerprint density at radius 2 is 1.57 bits per heavy atom. The molecule has 1 aliphatic rings. The zero-order valence-electron chi connectivity index (χ0n) is 25.5. The Bertz CT molecular complexity index is 1940. The van der Waals surface area contributed by atoms with E-state index < -0.39 is 47.8 Å². The second-order valence-corrected chi connectivity index (χ2v) is 11.4. The lowest BCUT2D eigenvalue weighted by Crippen LogP contribution is -2.62. The molecule has 5 atom stereocenters. The lowest BCUT2D eigenvalue weighted by molar-refractivity contribution is -0.265. The number of hydrogen-bond acceptors (Lipinski definition) is 10. The molecule has 5 unspecified atom stereocenters. The number of aromatic hydroxyl groups is 1. The smallest absolute Gasteiger partial charge is 0.256 e. The summed E-state index contributed by atoms with van der Waals surface area (Å²) in [7, 11) is 0. The van der Waals surface area contributed by atoms with Crippen LogP contribution in [0.4, 0.5) is 5.69 Å². The molecule has 11 nitrogen and oxygen atoms in total. The predicted octanol–water partition coefficient (Wildman–Crippen LogP) is 4.19. The summed E-state index contributed by atoms with van der Waals surface area (Å²) in [6.07, 6.45) is -8.60. The van der Waals surface area contributed by atoms with Crippen LogP contribution in [0, 0.1) is 13.8 Å². The maximum absolute atomic E-state index is 13.1. The first-order valence-corrected chi connectivity index (χ1v) is 14.9. The number of hydrogen-bond donors (Lipinski definition) is 5. The summed E-state index contributed by atoms with van der Waals surface area (Å²) in [5.74, 6) is -0.404. The third kappa shape index (κ3) is 6.69. The van der Waals surface area contributed by atoms with Crippen LogP contribution in [0.1, 0.15) is 16.7 Å². The van der Waals surface area contributed by atoms with Crippen molar-refractivity contribution in [2.24, 2.45) is 0 Å². The minimum atomic E-state index is -1.80. The van der Waals surface area contributed by atoms with Gasteiger partial charge in [0.05, 0.1) is 0 Å². The van der Waals surface area contributed by atoms with Crippen molar-refractivity contribution < 1.29 is 43.8 Å². The fourth-order valence-corrected chi connectivity index (χ4v) is 5.24. The SMILES string of the molecule is Cc1ccc(NC(=O)C2OC(Oc3cc4oc(-c5ccc(OCc6ccccc6)cc5)cc(=O)c4c(O)c3C)C(O)C(O)C2O)cc1. The van der Waals surface area contributed by atoms with Crippen LogP contribution in [0.2, 0.25) is 0 Å². The first-order valence-electron chi connectivity index (χ1n) is 14.9. The summed E-state index contributed by atoms with van der Waals surface area (Å²) in [4.78, 5) is 26.1. The van der Waals surface area contributed by atoms with Crippen molar-refractivity contribution in [1.82, 2.24) is 0 Å². The number of phenolic OH excluding ortho intramolecular Hbond substituents is 1. The molecule has 11 heteroatoms. The molecule has 1 aliphatic heterocycles. The van der Waals surface area contributed by atoms with Crippen LogP contribution in [-0.4, -0.2) is 57.0 Å². The number of nitrogens with one attached hydrogen (secondary N) is 1. The molecule has 4 aromatic carbocycles. The highest BCUT2D eigenvalue weighted by Gasteiger charge is 2.48. The van der Waals surface area contributed by atoms with E-state index in [1.807, 2.05) is 37.3 Å². The summed E-state index contributed by atoms with van der Waals surface area (Å²) in [6, 6.07) is 26.2. The molecule has 2 heterocycles. The molecule has 6 rings (SSSR count). The summed E-state index contributed by atoms with van der Waals surface area (Å²) in [5, 5.41) is 45.3. The fraction of sp³-hybridized carbons (Fsp3) is 0.222. The molecule has 0 radical (unpaired) electrons. The quantitative estimate of drug-likeness (QED) is 0.166. The molecule has 47 heavy (non-hydrogen) atoms. The molecule has 1 fully saturated rings. The van der Waals surface area contributed by atoms with Gasteiger partial charge in [0.15, 0.2) is 11.5 Å². The number of aryl methyl sites for hydroxylation is 1. The van der Waals surface area contributed by atoms with Gasteiger partial charge in [-0.15, -0.1) is 0 Å². The van der Waals surface area contributed by atoms with Crippen LogP contribution < -0.4 is 20.2 Å². The van der Waals surface area contributed by atoms with E-state index in [4.69, 9.17) is 18.6 Å². The zero-order valence-corrected chi connectivity index (χ0v) is 25.5. The number of fused-ring (bicyclic) bond motifs is 1. The third-order valence-corrected chi connectivity index (χ3v) is 7.98. The second-order valence-electron chi connectivity index (χ2n) is 11.4. The van der Waals surface area contributed by atoms with Gasteiger partial charge in [-0.05, 0) is 55.8 Å². The highest BCUT2D eigenvalue weighted by molar-refractivity contribution is 5.94. The van der Waals surface area contributed by atoms with Crippen LogP contribution in [0.15, 0.2) is 100 Å². The molecule has 1 amide bonds. The minimum Gasteiger partial charge on any atom is -0.507 e. The van der Waals surface area contributed by atoms with E-state index in [2.05, 4.69) is 5.32 Å². The van der Waals surface area contributed by atoms with Crippen molar-refractivity contribution in [3.63, 3.8) is 0 Å². The summed E-state index contributed by atoms with van der Waals surface area (Å²) < 4.78 is 23.4. The molecule has 5 aromatic rings.